The summed E-state index contributed by atoms with van der Waals surface area (Å²) in [7, 11) is 0. The van der Waals surface area contributed by atoms with Crippen molar-refractivity contribution in [3.8, 4) is 0 Å². The summed E-state index contributed by atoms with van der Waals surface area (Å²) in [6, 6.07) is 10.00. The average molecular weight is 300 g/mol. The lowest BCUT2D eigenvalue weighted by Crippen LogP contribution is -2.56. The summed E-state index contributed by atoms with van der Waals surface area (Å²) in [5.41, 5.74) is 0.850. The maximum atomic E-state index is 11.5. The SMILES string of the molecule is O=C1C=C[C@]2(CCN(C(=O)O)[C@@H](CCc3ccccc3)C2)N1. The van der Waals surface area contributed by atoms with Gasteiger partial charge in [-0.2, -0.15) is 0 Å². The van der Waals surface area contributed by atoms with E-state index in [0.29, 0.717) is 19.4 Å². The normalized spacial score (nSPS) is 27.2. The third kappa shape index (κ3) is 2.98. The van der Waals surface area contributed by atoms with Crippen molar-refractivity contribution >= 4 is 12.0 Å². The first-order valence-corrected chi connectivity index (χ1v) is 7.63. The van der Waals surface area contributed by atoms with Crippen molar-refractivity contribution in [2.45, 2.75) is 37.3 Å². The van der Waals surface area contributed by atoms with Gasteiger partial charge in [-0.05, 0) is 31.2 Å². The number of aryl methyl sites for hydroxylation is 1. The number of carbonyl (C=O) groups excluding carboxylic acids is 1. The first-order chi connectivity index (χ1) is 10.6. The molecule has 3 rings (SSSR count). The number of carbonyl (C=O) groups is 2. The van der Waals surface area contributed by atoms with Crippen molar-refractivity contribution in [1.29, 1.82) is 0 Å². The van der Waals surface area contributed by atoms with E-state index in [2.05, 4.69) is 17.4 Å². The summed E-state index contributed by atoms with van der Waals surface area (Å²) in [5, 5.41) is 12.4. The van der Waals surface area contributed by atoms with E-state index in [-0.39, 0.29) is 17.5 Å². The summed E-state index contributed by atoms with van der Waals surface area (Å²) < 4.78 is 0. The molecule has 22 heavy (non-hydrogen) atoms. The molecule has 1 spiro atoms. The number of likely N-dealkylation sites (tertiary alicyclic amines) is 1. The Hall–Kier alpha value is -2.30. The van der Waals surface area contributed by atoms with Crippen LogP contribution in [-0.2, 0) is 11.2 Å². The number of piperidine rings is 1. The van der Waals surface area contributed by atoms with Crippen LogP contribution in [0.25, 0.3) is 0 Å². The highest BCUT2D eigenvalue weighted by Crippen LogP contribution is 2.32. The Morgan fingerprint density at radius 1 is 1.36 bits per heavy atom. The van der Waals surface area contributed by atoms with Gasteiger partial charge in [-0.25, -0.2) is 4.79 Å². The Balaban J connectivity index is 1.70. The number of rotatable bonds is 3. The molecule has 0 radical (unpaired) electrons. The summed E-state index contributed by atoms with van der Waals surface area (Å²) >= 11 is 0. The zero-order valence-corrected chi connectivity index (χ0v) is 12.4. The quantitative estimate of drug-likeness (QED) is 0.899. The lowest BCUT2D eigenvalue weighted by Gasteiger charge is -2.43. The molecule has 2 aliphatic rings. The van der Waals surface area contributed by atoms with Gasteiger partial charge in [-0.3, -0.25) is 4.79 Å². The first kappa shape index (κ1) is 14.6. The largest absolute Gasteiger partial charge is 0.465 e. The van der Waals surface area contributed by atoms with Gasteiger partial charge in [0.05, 0.1) is 5.54 Å². The predicted molar refractivity (Wildman–Crippen MR) is 82.5 cm³/mol. The second kappa shape index (κ2) is 5.83. The maximum absolute atomic E-state index is 11.5. The molecule has 5 nitrogen and oxygen atoms in total. The number of amides is 2. The molecule has 2 amide bonds. The molecule has 116 valence electrons. The van der Waals surface area contributed by atoms with Crippen molar-refractivity contribution in [2.24, 2.45) is 0 Å². The Morgan fingerprint density at radius 3 is 2.77 bits per heavy atom. The average Bonchev–Trinajstić information content (AvgIpc) is 2.86. The number of hydrogen-bond donors (Lipinski definition) is 2. The second-order valence-electron chi connectivity index (χ2n) is 6.09. The molecule has 1 saturated heterocycles. The summed E-state index contributed by atoms with van der Waals surface area (Å²) in [6.45, 7) is 0.458. The first-order valence-electron chi connectivity index (χ1n) is 7.63. The van der Waals surface area contributed by atoms with Crippen LogP contribution in [-0.4, -0.2) is 40.1 Å². The Morgan fingerprint density at radius 2 is 2.14 bits per heavy atom. The fourth-order valence-electron chi connectivity index (χ4n) is 3.45. The van der Waals surface area contributed by atoms with Crippen LogP contribution < -0.4 is 5.32 Å². The number of carboxylic acid groups (broad SMARTS) is 1. The summed E-state index contributed by atoms with van der Waals surface area (Å²) in [4.78, 5) is 24.5. The third-order valence-corrected chi connectivity index (χ3v) is 4.62. The van der Waals surface area contributed by atoms with E-state index in [0.717, 1.165) is 12.8 Å². The van der Waals surface area contributed by atoms with E-state index >= 15 is 0 Å². The zero-order valence-electron chi connectivity index (χ0n) is 12.4. The lowest BCUT2D eigenvalue weighted by molar-refractivity contribution is -0.117. The molecule has 2 aliphatic heterocycles. The Bertz CT molecular complexity index is 599. The van der Waals surface area contributed by atoms with Crippen LogP contribution in [0.2, 0.25) is 0 Å². The molecule has 0 saturated carbocycles. The third-order valence-electron chi connectivity index (χ3n) is 4.62. The van der Waals surface area contributed by atoms with Crippen LogP contribution in [0.4, 0.5) is 4.79 Å². The number of benzene rings is 1. The van der Waals surface area contributed by atoms with Crippen molar-refractivity contribution in [3.63, 3.8) is 0 Å². The van der Waals surface area contributed by atoms with Crippen LogP contribution >= 0.6 is 0 Å². The fraction of sp³-hybridized carbons (Fsp3) is 0.412. The van der Waals surface area contributed by atoms with Gasteiger partial charge in [0.1, 0.15) is 0 Å². The fourth-order valence-corrected chi connectivity index (χ4v) is 3.45. The van der Waals surface area contributed by atoms with Gasteiger partial charge in [0.25, 0.3) is 0 Å². The molecule has 1 fully saturated rings. The molecule has 2 N–H and O–H groups in total. The molecule has 5 heteroatoms. The van der Waals surface area contributed by atoms with E-state index in [1.165, 1.54) is 10.5 Å². The van der Waals surface area contributed by atoms with Crippen LogP contribution in [0.1, 0.15) is 24.8 Å². The molecule has 2 heterocycles. The van der Waals surface area contributed by atoms with Gasteiger partial charge in [-0.15, -0.1) is 0 Å². The van der Waals surface area contributed by atoms with Gasteiger partial charge in [0, 0.05) is 18.7 Å². The van der Waals surface area contributed by atoms with E-state index in [1.54, 1.807) is 6.08 Å². The van der Waals surface area contributed by atoms with Gasteiger partial charge < -0.3 is 15.3 Å². The van der Waals surface area contributed by atoms with Crippen LogP contribution in [0, 0.1) is 0 Å². The minimum Gasteiger partial charge on any atom is -0.465 e. The van der Waals surface area contributed by atoms with Gasteiger partial charge in [0.15, 0.2) is 0 Å². The van der Waals surface area contributed by atoms with Crippen LogP contribution in [0.5, 0.6) is 0 Å². The van der Waals surface area contributed by atoms with E-state index < -0.39 is 6.09 Å². The van der Waals surface area contributed by atoms with E-state index in [1.807, 2.05) is 24.3 Å². The second-order valence-corrected chi connectivity index (χ2v) is 6.09. The molecule has 0 aliphatic carbocycles. The molecule has 0 aromatic heterocycles. The highest BCUT2D eigenvalue weighted by atomic mass is 16.4. The molecule has 1 aromatic carbocycles. The highest BCUT2D eigenvalue weighted by molar-refractivity contribution is 5.91. The van der Waals surface area contributed by atoms with Crippen molar-refractivity contribution in [1.82, 2.24) is 10.2 Å². The van der Waals surface area contributed by atoms with E-state index in [4.69, 9.17) is 0 Å². The van der Waals surface area contributed by atoms with Gasteiger partial charge >= 0.3 is 6.09 Å². The minimum atomic E-state index is -0.874. The van der Waals surface area contributed by atoms with Gasteiger partial charge in [-0.1, -0.05) is 36.4 Å². The predicted octanol–water partition coefficient (Wildman–Crippen LogP) is 2.19. The monoisotopic (exact) mass is 300 g/mol. The summed E-state index contributed by atoms with van der Waals surface area (Å²) in [5.74, 6) is -0.0782. The zero-order chi connectivity index (χ0) is 15.6. The molecule has 0 bridgehead atoms. The van der Waals surface area contributed by atoms with Crippen molar-refractivity contribution < 1.29 is 14.7 Å². The highest BCUT2D eigenvalue weighted by Gasteiger charge is 2.42. The van der Waals surface area contributed by atoms with Gasteiger partial charge in [0.2, 0.25) is 5.91 Å². The Kier molecular flexibility index (Phi) is 3.88. The van der Waals surface area contributed by atoms with Crippen LogP contribution in [0.3, 0.4) is 0 Å². The van der Waals surface area contributed by atoms with Crippen LogP contribution in [0.15, 0.2) is 42.5 Å². The minimum absolute atomic E-state index is 0.0745. The topological polar surface area (TPSA) is 69.6 Å². The summed E-state index contributed by atoms with van der Waals surface area (Å²) in [6.07, 6.45) is 5.48. The molecular formula is C17H20N2O3. The van der Waals surface area contributed by atoms with Crippen molar-refractivity contribution in [3.05, 3.63) is 48.0 Å². The number of nitrogens with zero attached hydrogens (tertiary/aromatic N) is 1. The number of nitrogens with one attached hydrogen (secondary N) is 1. The standard InChI is InChI=1S/C17H20N2O3/c20-15-8-9-17(18-15)10-11-19(16(21)22)14(12-17)7-6-13-4-2-1-3-5-13/h1-5,8-9,14H,6-7,10-12H2,(H,18,20)(H,21,22)/t14-,17+/m0/s1. The number of hydrogen-bond acceptors (Lipinski definition) is 2. The maximum Gasteiger partial charge on any atom is 0.407 e. The molecular weight excluding hydrogens is 280 g/mol. The lowest BCUT2D eigenvalue weighted by atomic mass is 9.82. The van der Waals surface area contributed by atoms with E-state index in [9.17, 15) is 14.7 Å². The molecule has 2 atom stereocenters. The van der Waals surface area contributed by atoms with Crippen molar-refractivity contribution in [2.75, 3.05) is 6.54 Å². The smallest absolute Gasteiger partial charge is 0.407 e. The molecule has 1 aromatic rings. The Labute approximate surface area is 129 Å². The molecule has 0 unspecified atom stereocenters.